The van der Waals surface area contributed by atoms with Gasteiger partial charge < -0.3 is 9.30 Å². The van der Waals surface area contributed by atoms with Crippen LogP contribution in [0.2, 0.25) is 5.02 Å². The van der Waals surface area contributed by atoms with E-state index < -0.39 is 0 Å². The van der Waals surface area contributed by atoms with Crippen molar-refractivity contribution < 1.29 is 4.74 Å². The highest BCUT2D eigenvalue weighted by atomic mass is 35.5. The van der Waals surface area contributed by atoms with E-state index in [1.165, 1.54) is 0 Å². The number of aromatic nitrogens is 2. The predicted octanol–water partition coefficient (Wildman–Crippen LogP) is 4.24. The number of fused-ring (bicyclic) bond motifs is 1. The lowest BCUT2D eigenvalue weighted by Crippen LogP contribution is -2.08. The van der Waals surface area contributed by atoms with Gasteiger partial charge in [0.2, 0.25) is 0 Å². The molecule has 0 atom stereocenters. The second-order valence-electron chi connectivity index (χ2n) is 4.96. The summed E-state index contributed by atoms with van der Waals surface area (Å²) in [4.78, 5) is 4.72. The largest absolute Gasteiger partial charge is 0.382 e. The Balaban J connectivity index is 2.31. The number of rotatable bonds is 6. The van der Waals surface area contributed by atoms with Crippen molar-refractivity contribution in [3.8, 4) is 0 Å². The highest BCUT2D eigenvalue weighted by molar-refractivity contribution is 6.31. The smallest absolute Gasteiger partial charge is 0.112 e. The topological polar surface area (TPSA) is 27.1 Å². The Morgan fingerprint density at radius 2 is 2.16 bits per heavy atom. The molecular weight excluding hydrogens is 260 g/mol. The Kier molecular flexibility index (Phi) is 4.83. The van der Waals surface area contributed by atoms with Gasteiger partial charge in [0.15, 0.2) is 0 Å². The molecule has 19 heavy (non-hydrogen) atoms. The highest BCUT2D eigenvalue weighted by Crippen LogP contribution is 2.24. The number of benzene rings is 1. The molecule has 4 heteroatoms. The van der Waals surface area contributed by atoms with Crippen LogP contribution >= 0.6 is 11.6 Å². The van der Waals surface area contributed by atoms with Gasteiger partial charge in [0, 0.05) is 30.7 Å². The summed E-state index contributed by atoms with van der Waals surface area (Å²) in [7, 11) is 0. The molecule has 0 saturated heterocycles. The van der Waals surface area contributed by atoms with E-state index >= 15 is 0 Å². The first-order chi connectivity index (χ1) is 9.13. The van der Waals surface area contributed by atoms with Crippen molar-refractivity contribution in [1.82, 2.24) is 9.55 Å². The summed E-state index contributed by atoms with van der Waals surface area (Å²) in [6.07, 6.45) is 0.992. The molecule has 1 aromatic carbocycles. The summed E-state index contributed by atoms with van der Waals surface area (Å²) >= 11 is 6.10. The van der Waals surface area contributed by atoms with Crippen LogP contribution < -0.4 is 0 Å². The predicted molar refractivity (Wildman–Crippen MR) is 79.9 cm³/mol. The molecule has 0 spiro atoms. The molecule has 0 radical (unpaired) electrons. The maximum absolute atomic E-state index is 6.10. The Hall–Kier alpha value is -1.06. The summed E-state index contributed by atoms with van der Waals surface area (Å²) in [5.74, 6) is 1.52. The normalized spacial score (nSPS) is 11.6. The van der Waals surface area contributed by atoms with E-state index in [2.05, 4.69) is 18.4 Å². The lowest BCUT2D eigenvalue weighted by Gasteiger charge is -2.11. The molecule has 3 nitrogen and oxygen atoms in total. The molecule has 1 aromatic heterocycles. The summed E-state index contributed by atoms with van der Waals surface area (Å²) in [5, 5.41) is 0.758. The maximum Gasteiger partial charge on any atom is 0.112 e. The van der Waals surface area contributed by atoms with Crippen molar-refractivity contribution in [3.05, 3.63) is 29.0 Å². The minimum atomic E-state index is 0.401. The first-order valence-electron chi connectivity index (χ1n) is 6.87. The van der Waals surface area contributed by atoms with Crippen LogP contribution in [0.1, 0.15) is 38.9 Å². The van der Waals surface area contributed by atoms with Crippen LogP contribution in [0.25, 0.3) is 11.0 Å². The monoisotopic (exact) mass is 280 g/mol. The van der Waals surface area contributed by atoms with Crippen molar-refractivity contribution in [2.45, 2.75) is 39.7 Å². The van der Waals surface area contributed by atoms with Crippen LogP contribution in [0.5, 0.6) is 0 Å². The molecule has 0 bridgehead atoms. The Labute approximate surface area is 119 Å². The average Bonchev–Trinajstić information content (AvgIpc) is 2.73. The van der Waals surface area contributed by atoms with Crippen LogP contribution in [0.3, 0.4) is 0 Å². The van der Waals surface area contributed by atoms with Gasteiger partial charge in [0.05, 0.1) is 11.0 Å². The molecule has 0 aliphatic heterocycles. The molecule has 1 heterocycles. The van der Waals surface area contributed by atoms with Crippen LogP contribution in [0.4, 0.5) is 0 Å². The fourth-order valence-corrected chi connectivity index (χ4v) is 2.43. The van der Waals surface area contributed by atoms with Crippen molar-refractivity contribution in [3.63, 3.8) is 0 Å². The van der Waals surface area contributed by atoms with Crippen molar-refractivity contribution in [2.24, 2.45) is 0 Å². The third-order valence-corrected chi connectivity index (χ3v) is 3.37. The summed E-state index contributed by atoms with van der Waals surface area (Å²) in [6, 6.07) is 5.88. The molecule has 0 unspecified atom stereocenters. The second kappa shape index (κ2) is 6.40. The van der Waals surface area contributed by atoms with Gasteiger partial charge in [-0.25, -0.2) is 4.98 Å². The van der Waals surface area contributed by atoms with Crippen LogP contribution in [-0.4, -0.2) is 22.8 Å². The van der Waals surface area contributed by atoms with Crippen LogP contribution in [-0.2, 0) is 11.3 Å². The lowest BCUT2D eigenvalue weighted by molar-refractivity contribution is 0.141. The van der Waals surface area contributed by atoms with Gasteiger partial charge in [-0.15, -0.1) is 0 Å². The number of hydrogen-bond donors (Lipinski definition) is 0. The number of halogens is 1. The summed E-state index contributed by atoms with van der Waals surface area (Å²) in [5.41, 5.74) is 2.14. The van der Waals surface area contributed by atoms with Gasteiger partial charge in [-0.05, 0) is 31.5 Å². The molecule has 104 valence electrons. The summed E-state index contributed by atoms with van der Waals surface area (Å²) < 4.78 is 7.68. The van der Waals surface area contributed by atoms with Gasteiger partial charge in [0.25, 0.3) is 0 Å². The fraction of sp³-hybridized carbons (Fsp3) is 0.533. The molecule has 0 amide bonds. The highest BCUT2D eigenvalue weighted by Gasteiger charge is 2.13. The average molecular weight is 281 g/mol. The third kappa shape index (κ3) is 3.28. The van der Waals surface area contributed by atoms with Gasteiger partial charge in [-0.2, -0.15) is 0 Å². The second-order valence-corrected chi connectivity index (χ2v) is 5.40. The number of aryl methyl sites for hydroxylation is 1. The van der Waals surface area contributed by atoms with Crippen molar-refractivity contribution in [1.29, 1.82) is 0 Å². The number of imidazole rings is 1. The van der Waals surface area contributed by atoms with E-state index in [9.17, 15) is 0 Å². The van der Waals surface area contributed by atoms with Gasteiger partial charge in [-0.3, -0.25) is 0 Å². The van der Waals surface area contributed by atoms with Crippen molar-refractivity contribution in [2.75, 3.05) is 13.2 Å². The third-order valence-electron chi connectivity index (χ3n) is 3.13. The van der Waals surface area contributed by atoms with Crippen molar-refractivity contribution >= 4 is 22.6 Å². The zero-order valence-electron chi connectivity index (χ0n) is 11.8. The molecule has 0 fully saturated rings. The van der Waals surface area contributed by atoms with E-state index in [1.807, 2.05) is 25.1 Å². The van der Waals surface area contributed by atoms with Gasteiger partial charge in [-0.1, -0.05) is 25.4 Å². The fourth-order valence-electron chi connectivity index (χ4n) is 2.26. The molecule has 0 N–H and O–H groups in total. The quantitative estimate of drug-likeness (QED) is 0.740. The molecule has 0 saturated carbocycles. The molecule has 0 aliphatic carbocycles. The molecule has 2 rings (SSSR count). The molecular formula is C15H21ClN2O. The zero-order valence-corrected chi connectivity index (χ0v) is 12.6. The number of hydrogen-bond acceptors (Lipinski definition) is 2. The Morgan fingerprint density at radius 3 is 2.84 bits per heavy atom. The number of ether oxygens (including phenoxy) is 1. The Bertz CT molecular complexity index is 548. The maximum atomic E-state index is 6.10. The van der Waals surface area contributed by atoms with Crippen LogP contribution in [0, 0.1) is 0 Å². The van der Waals surface area contributed by atoms with E-state index in [4.69, 9.17) is 21.3 Å². The summed E-state index contributed by atoms with van der Waals surface area (Å²) in [6.45, 7) is 8.84. The Morgan fingerprint density at radius 1 is 1.37 bits per heavy atom. The van der Waals surface area contributed by atoms with Gasteiger partial charge >= 0.3 is 0 Å². The SMILES string of the molecule is CCOCCCn1c(C(C)C)nc2ccc(Cl)cc21. The zero-order chi connectivity index (χ0) is 13.8. The molecule has 2 aromatic rings. The van der Waals surface area contributed by atoms with E-state index in [0.717, 1.165) is 48.1 Å². The van der Waals surface area contributed by atoms with Crippen LogP contribution in [0.15, 0.2) is 18.2 Å². The lowest BCUT2D eigenvalue weighted by atomic mass is 10.2. The van der Waals surface area contributed by atoms with Gasteiger partial charge in [0.1, 0.15) is 5.82 Å². The minimum Gasteiger partial charge on any atom is -0.382 e. The van der Waals surface area contributed by atoms with E-state index in [0.29, 0.717) is 5.92 Å². The first-order valence-corrected chi connectivity index (χ1v) is 7.24. The minimum absolute atomic E-state index is 0.401. The standard InChI is InChI=1S/C15H21ClN2O/c1-4-19-9-5-8-18-14-10-12(16)6-7-13(14)17-15(18)11(2)3/h6-7,10-11H,4-5,8-9H2,1-3H3. The van der Waals surface area contributed by atoms with E-state index in [-0.39, 0.29) is 0 Å². The molecule has 0 aliphatic rings. The van der Waals surface area contributed by atoms with E-state index in [1.54, 1.807) is 0 Å². The first kappa shape index (κ1) is 14.4. The number of nitrogens with zero attached hydrogens (tertiary/aromatic N) is 2.